The number of aryl methyl sites for hydroxylation is 1. The van der Waals surface area contributed by atoms with Crippen LogP contribution in [0, 0.1) is 6.92 Å². The molecular formula is C21H27N5O4. The third-order valence-corrected chi connectivity index (χ3v) is 4.68. The van der Waals surface area contributed by atoms with E-state index < -0.39 is 0 Å². The van der Waals surface area contributed by atoms with Crippen LogP contribution in [-0.4, -0.2) is 45.2 Å². The number of amides is 1. The van der Waals surface area contributed by atoms with Gasteiger partial charge in [-0.25, -0.2) is 9.97 Å². The van der Waals surface area contributed by atoms with Crippen LogP contribution in [0.4, 0.5) is 0 Å². The molecule has 9 heteroatoms. The SMILES string of the molecule is CCOc1ccc(CCNC(=O)CCc2c(C)nc3nc[nH]n3c2=O)cc1OCC. The van der Waals surface area contributed by atoms with Gasteiger partial charge in [-0.3, -0.25) is 14.7 Å². The average molecular weight is 413 g/mol. The fourth-order valence-electron chi connectivity index (χ4n) is 3.21. The summed E-state index contributed by atoms with van der Waals surface area (Å²) in [6, 6.07) is 5.80. The Morgan fingerprint density at radius 2 is 1.93 bits per heavy atom. The van der Waals surface area contributed by atoms with Gasteiger partial charge in [-0.1, -0.05) is 6.07 Å². The van der Waals surface area contributed by atoms with E-state index in [1.165, 1.54) is 10.8 Å². The molecule has 0 aliphatic heterocycles. The van der Waals surface area contributed by atoms with Gasteiger partial charge in [0.05, 0.1) is 18.9 Å². The molecule has 0 saturated heterocycles. The Morgan fingerprint density at radius 3 is 2.70 bits per heavy atom. The van der Waals surface area contributed by atoms with Crippen molar-refractivity contribution in [1.29, 1.82) is 0 Å². The van der Waals surface area contributed by atoms with Crippen LogP contribution in [0.2, 0.25) is 0 Å². The van der Waals surface area contributed by atoms with Crippen molar-refractivity contribution in [3.63, 3.8) is 0 Å². The van der Waals surface area contributed by atoms with Crippen LogP contribution in [0.25, 0.3) is 5.78 Å². The van der Waals surface area contributed by atoms with Gasteiger partial charge in [0.1, 0.15) is 6.33 Å². The number of fused-ring (bicyclic) bond motifs is 1. The number of benzene rings is 1. The van der Waals surface area contributed by atoms with Crippen molar-refractivity contribution >= 4 is 11.7 Å². The highest BCUT2D eigenvalue weighted by molar-refractivity contribution is 5.76. The van der Waals surface area contributed by atoms with Gasteiger partial charge >= 0.3 is 0 Å². The molecular weight excluding hydrogens is 386 g/mol. The standard InChI is InChI=1S/C21H27N5O4/c1-4-29-17-8-6-15(12-18(17)30-5-2)10-11-22-19(27)9-7-16-14(3)25-21-23-13-24-26(21)20(16)28/h6,8,12-13H,4-5,7,9-11H2,1-3H3,(H,22,27)(H,23,24,25). The van der Waals surface area contributed by atoms with Gasteiger partial charge in [-0.05, 0) is 51.3 Å². The second kappa shape index (κ2) is 9.91. The first kappa shape index (κ1) is 21.4. The Bertz CT molecular complexity index is 1070. The molecule has 0 atom stereocenters. The molecule has 0 saturated carbocycles. The minimum absolute atomic E-state index is 0.112. The fraction of sp³-hybridized carbons (Fsp3) is 0.429. The normalized spacial score (nSPS) is 10.9. The molecule has 9 nitrogen and oxygen atoms in total. The zero-order valence-electron chi connectivity index (χ0n) is 17.5. The minimum Gasteiger partial charge on any atom is -0.490 e. The van der Waals surface area contributed by atoms with E-state index in [-0.39, 0.29) is 17.9 Å². The minimum atomic E-state index is -0.222. The molecule has 3 rings (SSSR count). The number of ether oxygens (including phenoxy) is 2. The second-order valence-corrected chi connectivity index (χ2v) is 6.75. The molecule has 2 N–H and O–H groups in total. The monoisotopic (exact) mass is 413 g/mol. The molecule has 2 aromatic heterocycles. The smallest absolute Gasteiger partial charge is 0.277 e. The van der Waals surface area contributed by atoms with Crippen molar-refractivity contribution in [3.8, 4) is 11.5 Å². The van der Waals surface area contributed by atoms with E-state index in [9.17, 15) is 9.59 Å². The van der Waals surface area contributed by atoms with Crippen molar-refractivity contribution < 1.29 is 14.3 Å². The van der Waals surface area contributed by atoms with Gasteiger partial charge in [-0.2, -0.15) is 4.52 Å². The van der Waals surface area contributed by atoms with Gasteiger partial charge < -0.3 is 14.8 Å². The van der Waals surface area contributed by atoms with Crippen LogP contribution in [0.1, 0.15) is 37.1 Å². The van der Waals surface area contributed by atoms with Gasteiger partial charge in [0.25, 0.3) is 11.3 Å². The Balaban J connectivity index is 1.53. The van der Waals surface area contributed by atoms with E-state index in [0.29, 0.717) is 55.4 Å². The highest BCUT2D eigenvalue weighted by Gasteiger charge is 2.13. The number of hydrogen-bond donors (Lipinski definition) is 2. The van der Waals surface area contributed by atoms with Crippen molar-refractivity contribution in [2.45, 2.75) is 40.0 Å². The maximum absolute atomic E-state index is 12.5. The molecule has 2 heterocycles. The van der Waals surface area contributed by atoms with Gasteiger partial charge in [0, 0.05) is 18.5 Å². The number of aromatic amines is 1. The lowest BCUT2D eigenvalue weighted by molar-refractivity contribution is -0.121. The van der Waals surface area contributed by atoms with Crippen LogP contribution >= 0.6 is 0 Å². The van der Waals surface area contributed by atoms with E-state index in [4.69, 9.17) is 9.47 Å². The molecule has 30 heavy (non-hydrogen) atoms. The Morgan fingerprint density at radius 1 is 1.17 bits per heavy atom. The largest absolute Gasteiger partial charge is 0.490 e. The van der Waals surface area contributed by atoms with Gasteiger partial charge in [0.2, 0.25) is 5.91 Å². The fourth-order valence-corrected chi connectivity index (χ4v) is 3.21. The summed E-state index contributed by atoms with van der Waals surface area (Å²) in [7, 11) is 0. The van der Waals surface area contributed by atoms with Crippen LogP contribution < -0.4 is 20.3 Å². The highest BCUT2D eigenvalue weighted by atomic mass is 16.5. The quantitative estimate of drug-likeness (QED) is 0.525. The maximum Gasteiger partial charge on any atom is 0.277 e. The summed E-state index contributed by atoms with van der Waals surface area (Å²) in [6.45, 7) is 7.23. The van der Waals surface area contributed by atoms with E-state index in [2.05, 4.69) is 20.4 Å². The summed E-state index contributed by atoms with van der Waals surface area (Å²) in [6.07, 6.45) is 2.62. The summed E-state index contributed by atoms with van der Waals surface area (Å²) in [4.78, 5) is 33.0. The van der Waals surface area contributed by atoms with E-state index in [0.717, 1.165) is 11.3 Å². The van der Waals surface area contributed by atoms with Crippen molar-refractivity contribution in [1.82, 2.24) is 24.9 Å². The number of rotatable bonds is 10. The Kier molecular flexibility index (Phi) is 7.05. The Labute approximate surface area is 174 Å². The zero-order valence-corrected chi connectivity index (χ0v) is 17.5. The maximum atomic E-state index is 12.5. The topological polar surface area (TPSA) is 111 Å². The predicted molar refractivity (Wildman–Crippen MR) is 112 cm³/mol. The summed E-state index contributed by atoms with van der Waals surface area (Å²) >= 11 is 0. The van der Waals surface area contributed by atoms with E-state index in [1.54, 1.807) is 6.92 Å². The van der Waals surface area contributed by atoms with Gasteiger partial charge in [0.15, 0.2) is 11.5 Å². The molecule has 3 aromatic rings. The summed E-state index contributed by atoms with van der Waals surface area (Å²) < 4.78 is 12.5. The molecule has 0 aliphatic carbocycles. The first-order chi connectivity index (χ1) is 14.5. The lowest BCUT2D eigenvalue weighted by Gasteiger charge is -2.12. The zero-order chi connectivity index (χ0) is 21.5. The number of hydrogen-bond acceptors (Lipinski definition) is 6. The molecule has 0 radical (unpaired) electrons. The number of carbonyl (C=O) groups is 1. The molecule has 160 valence electrons. The Hall–Kier alpha value is -3.36. The third-order valence-electron chi connectivity index (χ3n) is 4.68. The molecule has 0 aliphatic rings. The average Bonchev–Trinajstić information content (AvgIpc) is 3.18. The molecule has 0 fully saturated rings. The summed E-state index contributed by atoms with van der Waals surface area (Å²) in [5, 5.41) is 5.64. The first-order valence-corrected chi connectivity index (χ1v) is 10.1. The number of carbonyl (C=O) groups excluding carboxylic acids is 1. The van der Waals surface area contributed by atoms with Crippen molar-refractivity contribution in [2.24, 2.45) is 0 Å². The third kappa shape index (κ3) is 4.97. The van der Waals surface area contributed by atoms with Gasteiger partial charge in [-0.15, -0.1) is 0 Å². The summed E-state index contributed by atoms with van der Waals surface area (Å²) in [5.41, 5.74) is 1.93. The molecule has 0 unspecified atom stereocenters. The highest BCUT2D eigenvalue weighted by Crippen LogP contribution is 2.28. The van der Waals surface area contributed by atoms with E-state index >= 15 is 0 Å². The molecule has 0 spiro atoms. The van der Waals surface area contributed by atoms with Crippen LogP contribution in [0.3, 0.4) is 0 Å². The lowest BCUT2D eigenvalue weighted by Crippen LogP contribution is -2.28. The van der Waals surface area contributed by atoms with E-state index in [1.807, 2.05) is 32.0 Å². The number of nitrogens with one attached hydrogen (secondary N) is 2. The van der Waals surface area contributed by atoms with Crippen molar-refractivity contribution in [2.75, 3.05) is 19.8 Å². The van der Waals surface area contributed by atoms with Crippen LogP contribution in [0.15, 0.2) is 29.3 Å². The number of H-pyrrole nitrogens is 1. The number of aromatic nitrogens is 4. The second-order valence-electron chi connectivity index (χ2n) is 6.75. The molecule has 1 aromatic carbocycles. The lowest BCUT2D eigenvalue weighted by atomic mass is 10.1. The summed E-state index contributed by atoms with van der Waals surface area (Å²) in [5.74, 6) is 1.64. The van der Waals surface area contributed by atoms with Crippen LogP contribution in [-0.2, 0) is 17.6 Å². The first-order valence-electron chi connectivity index (χ1n) is 10.1. The molecule has 0 bridgehead atoms. The van der Waals surface area contributed by atoms with Crippen molar-refractivity contribution in [3.05, 3.63) is 51.7 Å². The predicted octanol–water partition coefficient (Wildman–Crippen LogP) is 1.81. The molecule has 1 amide bonds. The van der Waals surface area contributed by atoms with Crippen LogP contribution in [0.5, 0.6) is 11.5 Å². The number of nitrogens with zero attached hydrogens (tertiary/aromatic N) is 3.